The fourth-order valence-corrected chi connectivity index (χ4v) is 3.17. The molecule has 26 heavy (non-hydrogen) atoms. The Morgan fingerprint density at radius 1 is 1.27 bits per heavy atom. The van der Waals surface area contributed by atoms with Gasteiger partial charge in [-0.3, -0.25) is 4.90 Å². The van der Waals surface area contributed by atoms with Gasteiger partial charge in [-0.15, -0.1) is 0 Å². The monoisotopic (exact) mass is 360 g/mol. The van der Waals surface area contributed by atoms with E-state index in [4.69, 9.17) is 15.8 Å². The molecule has 3 rings (SSSR count). The van der Waals surface area contributed by atoms with E-state index in [2.05, 4.69) is 20.1 Å². The third-order valence-electron chi connectivity index (χ3n) is 4.49. The Bertz CT molecular complexity index is 782. The number of ether oxygens (including phenoxy) is 1. The Morgan fingerprint density at radius 2 is 2.04 bits per heavy atom. The smallest absolute Gasteiger partial charge is 0.414 e. The molecule has 11 heteroatoms. The van der Waals surface area contributed by atoms with E-state index in [0.29, 0.717) is 37.3 Å². The molecule has 1 aromatic rings. The molecule has 2 heterocycles. The van der Waals surface area contributed by atoms with Crippen molar-refractivity contribution in [3.8, 4) is 0 Å². The van der Waals surface area contributed by atoms with E-state index in [0.717, 1.165) is 0 Å². The van der Waals surface area contributed by atoms with Crippen molar-refractivity contribution in [1.82, 2.24) is 0 Å². The van der Waals surface area contributed by atoms with E-state index in [9.17, 15) is 9.18 Å². The van der Waals surface area contributed by atoms with Crippen molar-refractivity contribution in [2.24, 2.45) is 10.2 Å². The van der Waals surface area contributed by atoms with E-state index in [-0.39, 0.29) is 19.1 Å². The van der Waals surface area contributed by atoms with Gasteiger partial charge in [0.05, 0.1) is 24.5 Å². The van der Waals surface area contributed by atoms with Crippen LogP contribution in [0.3, 0.4) is 0 Å². The zero-order chi connectivity index (χ0) is 18.5. The minimum absolute atomic E-state index is 0.0411. The van der Waals surface area contributed by atoms with Crippen molar-refractivity contribution in [2.75, 3.05) is 36.0 Å². The molecule has 136 valence electrons. The maximum atomic E-state index is 14.6. The molecule has 0 aliphatic carbocycles. The zero-order valence-electron chi connectivity index (χ0n) is 13.9. The molecule has 2 aliphatic rings. The maximum Gasteiger partial charge on any atom is 0.414 e. The highest BCUT2D eigenvalue weighted by molar-refractivity contribution is 5.90. The van der Waals surface area contributed by atoms with Crippen LogP contribution < -0.4 is 9.80 Å². The van der Waals surface area contributed by atoms with Crippen LogP contribution in [0.1, 0.15) is 12.8 Å². The summed E-state index contributed by atoms with van der Waals surface area (Å²) in [5.74, 6) is -0.434. The predicted molar refractivity (Wildman–Crippen MR) is 92.4 cm³/mol. The van der Waals surface area contributed by atoms with Crippen LogP contribution in [0.5, 0.6) is 0 Å². The van der Waals surface area contributed by atoms with Crippen molar-refractivity contribution in [3.05, 3.63) is 44.9 Å². The molecule has 1 aromatic carbocycles. The van der Waals surface area contributed by atoms with Gasteiger partial charge in [-0.25, -0.2) is 9.18 Å². The standard InChI is InChI=1S/C15H17FN8O2/c16-13-7-11(24-9-12(8-19-21-17)26-15(24)25)1-2-14(13)23-5-3-10(4-6-23)20-22-18/h1-2,7,10,12H,3-6,8-9H2. The van der Waals surface area contributed by atoms with Crippen molar-refractivity contribution >= 4 is 17.5 Å². The molecular weight excluding hydrogens is 343 g/mol. The maximum absolute atomic E-state index is 14.6. The molecule has 2 fully saturated rings. The number of carbonyl (C=O) groups is 1. The van der Waals surface area contributed by atoms with Crippen LogP contribution in [-0.4, -0.2) is 44.4 Å². The van der Waals surface area contributed by atoms with Crippen molar-refractivity contribution in [1.29, 1.82) is 0 Å². The molecular formula is C15H17FN8O2. The van der Waals surface area contributed by atoms with Gasteiger partial charge in [0, 0.05) is 29.0 Å². The third kappa shape index (κ3) is 3.74. The highest BCUT2D eigenvalue weighted by atomic mass is 19.1. The molecule has 0 saturated carbocycles. The summed E-state index contributed by atoms with van der Waals surface area (Å²) in [6.07, 6.45) is 0.210. The number of hydrogen-bond acceptors (Lipinski definition) is 5. The summed E-state index contributed by atoms with van der Waals surface area (Å²) >= 11 is 0. The van der Waals surface area contributed by atoms with E-state index in [1.807, 2.05) is 4.90 Å². The molecule has 1 amide bonds. The summed E-state index contributed by atoms with van der Waals surface area (Å²) in [5, 5.41) is 7.10. The number of amides is 1. The van der Waals surface area contributed by atoms with Crippen LogP contribution in [0.4, 0.5) is 20.6 Å². The molecule has 0 bridgehead atoms. The summed E-state index contributed by atoms with van der Waals surface area (Å²) in [4.78, 5) is 20.6. The second-order valence-electron chi connectivity index (χ2n) is 6.09. The summed E-state index contributed by atoms with van der Waals surface area (Å²) in [5.41, 5.74) is 17.7. The molecule has 0 radical (unpaired) electrons. The topological polar surface area (TPSA) is 130 Å². The van der Waals surface area contributed by atoms with Gasteiger partial charge in [0.25, 0.3) is 0 Å². The van der Waals surface area contributed by atoms with E-state index in [1.54, 1.807) is 12.1 Å². The number of piperidine rings is 1. The number of benzene rings is 1. The minimum Gasteiger partial charge on any atom is -0.444 e. The Morgan fingerprint density at radius 3 is 2.69 bits per heavy atom. The van der Waals surface area contributed by atoms with Crippen LogP contribution in [-0.2, 0) is 4.74 Å². The number of azide groups is 2. The summed E-state index contributed by atoms with van der Waals surface area (Å²) < 4.78 is 19.7. The van der Waals surface area contributed by atoms with Crippen molar-refractivity contribution in [2.45, 2.75) is 25.0 Å². The first kappa shape index (κ1) is 17.7. The summed E-state index contributed by atoms with van der Waals surface area (Å²) in [7, 11) is 0. The average Bonchev–Trinajstić information content (AvgIpc) is 3.02. The van der Waals surface area contributed by atoms with Gasteiger partial charge in [-0.2, -0.15) is 0 Å². The van der Waals surface area contributed by atoms with Crippen LogP contribution in [0.15, 0.2) is 28.4 Å². The molecule has 0 aromatic heterocycles. The third-order valence-corrected chi connectivity index (χ3v) is 4.49. The average molecular weight is 360 g/mol. The largest absolute Gasteiger partial charge is 0.444 e. The predicted octanol–water partition coefficient (Wildman–Crippen LogP) is 3.74. The lowest BCUT2D eigenvalue weighted by atomic mass is 10.1. The van der Waals surface area contributed by atoms with Crippen molar-refractivity contribution in [3.63, 3.8) is 0 Å². The van der Waals surface area contributed by atoms with Crippen LogP contribution in [0, 0.1) is 5.82 Å². The van der Waals surface area contributed by atoms with Gasteiger partial charge < -0.3 is 9.64 Å². The van der Waals surface area contributed by atoms with Gasteiger partial charge in [0.1, 0.15) is 11.9 Å². The van der Waals surface area contributed by atoms with E-state index in [1.165, 1.54) is 11.0 Å². The van der Waals surface area contributed by atoms with Gasteiger partial charge in [0.15, 0.2) is 0 Å². The number of cyclic esters (lactones) is 1. The molecule has 0 spiro atoms. The normalized spacial score (nSPS) is 20.3. The second kappa shape index (κ2) is 7.81. The first-order valence-corrected chi connectivity index (χ1v) is 8.20. The highest BCUT2D eigenvalue weighted by Gasteiger charge is 2.32. The fraction of sp³-hybridized carbons (Fsp3) is 0.533. The number of carbonyl (C=O) groups excluding carboxylic acids is 1. The van der Waals surface area contributed by atoms with Crippen molar-refractivity contribution < 1.29 is 13.9 Å². The van der Waals surface area contributed by atoms with Crippen LogP contribution in [0.2, 0.25) is 0 Å². The number of hydrogen-bond donors (Lipinski definition) is 0. The Kier molecular flexibility index (Phi) is 5.31. The summed E-state index contributed by atoms with van der Waals surface area (Å²) in [6, 6.07) is 4.54. The Labute approximate surface area is 148 Å². The number of halogens is 1. The van der Waals surface area contributed by atoms with Gasteiger partial charge >= 0.3 is 6.09 Å². The van der Waals surface area contributed by atoms with Gasteiger partial charge in [-0.1, -0.05) is 10.2 Å². The molecule has 1 unspecified atom stereocenters. The number of rotatable bonds is 5. The quantitative estimate of drug-likeness (QED) is 0.450. The van der Waals surface area contributed by atoms with Crippen LogP contribution in [0.25, 0.3) is 20.9 Å². The SMILES string of the molecule is [N-]=[N+]=NCC1CN(c2ccc(N3CCC(N=[N+]=[N-])CC3)c(F)c2)C(=O)O1. The minimum atomic E-state index is -0.592. The lowest BCUT2D eigenvalue weighted by molar-refractivity contribution is 0.145. The Balaban J connectivity index is 1.69. The molecule has 10 nitrogen and oxygen atoms in total. The number of anilines is 2. The molecule has 1 atom stereocenters. The van der Waals surface area contributed by atoms with E-state index >= 15 is 0 Å². The molecule has 2 aliphatic heterocycles. The molecule has 0 N–H and O–H groups in total. The fourth-order valence-electron chi connectivity index (χ4n) is 3.17. The highest BCUT2D eigenvalue weighted by Crippen LogP contribution is 2.30. The second-order valence-corrected chi connectivity index (χ2v) is 6.09. The lowest BCUT2D eigenvalue weighted by Gasteiger charge is -2.32. The van der Waals surface area contributed by atoms with Crippen LogP contribution >= 0.6 is 0 Å². The van der Waals surface area contributed by atoms with E-state index < -0.39 is 18.0 Å². The van der Waals surface area contributed by atoms with Gasteiger partial charge in [0.2, 0.25) is 0 Å². The molecule has 2 saturated heterocycles. The summed E-state index contributed by atoms with van der Waals surface area (Å²) in [6.45, 7) is 1.44. The first-order chi connectivity index (χ1) is 12.6. The Hall–Kier alpha value is -3.16. The first-order valence-electron chi connectivity index (χ1n) is 8.20. The number of nitrogens with zero attached hydrogens (tertiary/aromatic N) is 8. The van der Waals surface area contributed by atoms with Gasteiger partial charge in [-0.05, 0) is 42.1 Å². The lowest BCUT2D eigenvalue weighted by Crippen LogP contribution is -2.35. The zero-order valence-corrected chi connectivity index (χ0v) is 13.9.